The number of anilines is 1. The molecule has 5 heteroatoms. The van der Waals surface area contributed by atoms with Gasteiger partial charge in [0.2, 0.25) is 0 Å². The number of carbonyl (C=O) groups is 1. The van der Waals surface area contributed by atoms with Crippen molar-refractivity contribution in [2.45, 2.75) is 33.6 Å². The Morgan fingerprint density at radius 3 is 2.64 bits per heavy atom. The second-order valence-electron chi connectivity index (χ2n) is 7.18. The van der Waals surface area contributed by atoms with Crippen molar-refractivity contribution in [2.24, 2.45) is 0 Å². The van der Waals surface area contributed by atoms with E-state index in [-0.39, 0.29) is 12.5 Å². The van der Waals surface area contributed by atoms with Crippen molar-refractivity contribution in [3.63, 3.8) is 0 Å². The standard InChI is InChI=1S/C23H26N2O3/c1-14(2)18-8-6-7-15(3)23(18)25-22(26)13-28-21-11-16(4)24-20-10-9-17(27-5)12-19(20)21/h6-12,14H,13H2,1-5H3,(H,25,26). The van der Waals surface area contributed by atoms with Crippen LogP contribution in [0, 0.1) is 13.8 Å². The number of nitrogens with one attached hydrogen (secondary N) is 1. The van der Waals surface area contributed by atoms with E-state index in [4.69, 9.17) is 9.47 Å². The van der Waals surface area contributed by atoms with Gasteiger partial charge in [0.05, 0.1) is 12.6 Å². The first-order chi connectivity index (χ1) is 13.4. The Bertz CT molecular complexity index is 1010. The molecule has 3 rings (SSSR count). The Morgan fingerprint density at radius 1 is 1.14 bits per heavy atom. The number of methoxy groups -OCH3 is 1. The minimum absolute atomic E-state index is 0.0817. The summed E-state index contributed by atoms with van der Waals surface area (Å²) in [5, 5.41) is 3.83. The Morgan fingerprint density at radius 2 is 1.93 bits per heavy atom. The molecule has 1 aromatic heterocycles. The summed E-state index contributed by atoms with van der Waals surface area (Å²) in [6.07, 6.45) is 0. The molecule has 0 radical (unpaired) electrons. The molecule has 1 N–H and O–H groups in total. The highest BCUT2D eigenvalue weighted by atomic mass is 16.5. The first kappa shape index (κ1) is 19.7. The van der Waals surface area contributed by atoms with Gasteiger partial charge < -0.3 is 14.8 Å². The third kappa shape index (κ3) is 4.25. The van der Waals surface area contributed by atoms with Crippen molar-refractivity contribution in [1.82, 2.24) is 4.98 Å². The van der Waals surface area contributed by atoms with Gasteiger partial charge in [0, 0.05) is 22.8 Å². The van der Waals surface area contributed by atoms with Crippen LogP contribution < -0.4 is 14.8 Å². The molecule has 5 nitrogen and oxygen atoms in total. The average Bonchev–Trinajstić information content (AvgIpc) is 2.67. The zero-order valence-corrected chi connectivity index (χ0v) is 17.0. The fourth-order valence-corrected chi connectivity index (χ4v) is 3.21. The number of amides is 1. The summed E-state index contributed by atoms with van der Waals surface area (Å²) in [7, 11) is 1.62. The van der Waals surface area contributed by atoms with E-state index in [0.29, 0.717) is 17.4 Å². The third-order valence-electron chi connectivity index (χ3n) is 4.66. The molecular weight excluding hydrogens is 352 g/mol. The minimum Gasteiger partial charge on any atom is -0.497 e. The second-order valence-corrected chi connectivity index (χ2v) is 7.18. The first-order valence-electron chi connectivity index (χ1n) is 9.36. The zero-order valence-electron chi connectivity index (χ0n) is 17.0. The van der Waals surface area contributed by atoms with Gasteiger partial charge in [-0.25, -0.2) is 0 Å². The summed E-state index contributed by atoms with van der Waals surface area (Å²) in [6.45, 7) is 8.04. The summed E-state index contributed by atoms with van der Waals surface area (Å²) in [5.41, 5.74) is 4.65. The van der Waals surface area contributed by atoms with Gasteiger partial charge in [0.15, 0.2) is 6.61 Å². The zero-order chi connectivity index (χ0) is 20.3. The smallest absolute Gasteiger partial charge is 0.262 e. The molecule has 0 unspecified atom stereocenters. The van der Waals surface area contributed by atoms with E-state index in [0.717, 1.165) is 33.4 Å². The van der Waals surface area contributed by atoms with Crippen LogP contribution in [-0.2, 0) is 4.79 Å². The van der Waals surface area contributed by atoms with Crippen LogP contribution in [0.1, 0.15) is 36.6 Å². The molecule has 0 aliphatic carbocycles. The second kappa shape index (κ2) is 8.30. The third-order valence-corrected chi connectivity index (χ3v) is 4.66. The van der Waals surface area contributed by atoms with Crippen LogP contribution >= 0.6 is 0 Å². The molecule has 28 heavy (non-hydrogen) atoms. The predicted molar refractivity (Wildman–Crippen MR) is 112 cm³/mol. The van der Waals surface area contributed by atoms with Gasteiger partial charge in [-0.3, -0.25) is 9.78 Å². The van der Waals surface area contributed by atoms with Crippen molar-refractivity contribution >= 4 is 22.5 Å². The Balaban J connectivity index is 1.80. The molecule has 0 saturated heterocycles. The van der Waals surface area contributed by atoms with E-state index in [1.807, 2.05) is 56.3 Å². The summed E-state index contributed by atoms with van der Waals surface area (Å²) in [5.74, 6) is 1.46. The van der Waals surface area contributed by atoms with E-state index in [1.165, 1.54) is 0 Å². The number of para-hydroxylation sites is 1. The topological polar surface area (TPSA) is 60.5 Å². The van der Waals surface area contributed by atoms with Gasteiger partial charge in [0.25, 0.3) is 5.91 Å². The number of hydrogen-bond acceptors (Lipinski definition) is 4. The largest absolute Gasteiger partial charge is 0.497 e. The number of rotatable bonds is 6. The predicted octanol–water partition coefficient (Wildman–Crippen LogP) is 5.00. The monoisotopic (exact) mass is 378 g/mol. The van der Waals surface area contributed by atoms with Crippen LogP contribution in [0.15, 0.2) is 42.5 Å². The van der Waals surface area contributed by atoms with Crippen molar-refractivity contribution in [3.05, 3.63) is 59.3 Å². The first-order valence-corrected chi connectivity index (χ1v) is 9.36. The number of ether oxygens (including phenoxy) is 2. The lowest BCUT2D eigenvalue weighted by molar-refractivity contribution is -0.118. The summed E-state index contributed by atoms with van der Waals surface area (Å²) < 4.78 is 11.2. The summed E-state index contributed by atoms with van der Waals surface area (Å²) in [4.78, 5) is 17.1. The molecule has 1 heterocycles. The van der Waals surface area contributed by atoms with E-state index in [1.54, 1.807) is 7.11 Å². The molecule has 0 fully saturated rings. The lowest BCUT2D eigenvalue weighted by atomic mass is 9.98. The van der Waals surface area contributed by atoms with Gasteiger partial charge >= 0.3 is 0 Å². The number of pyridine rings is 1. The lowest BCUT2D eigenvalue weighted by Crippen LogP contribution is -2.22. The van der Waals surface area contributed by atoms with Crippen molar-refractivity contribution in [3.8, 4) is 11.5 Å². The number of benzene rings is 2. The maximum Gasteiger partial charge on any atom is 0.262 e. The Labute approximate surface area is 165 Å². The SMILES string of the molecule is COc1ccc2nc(C)cc(OCC(=O)Nc3c(C)cccc3C(C)C)c2c1. The molecule has 0 aliphatic rings. The fourth-order valence-electron chi connectivity index (χ4n) is 3.21. The van der Waals surface area contributed by atoms with Crippen molar-refractivity contribution in [2.75, 3.05) is 19.0 Å². The number of nitrogens with zero attached hydrogens (tertiary/aromatic N) is 1. The van der Waals surface area contributed by atoms with Crippen molar-refractivity contribution in [1.29, 1.82) is 0 Å². The highest BCUT2D eigenvalue weighted by Gasteiger charge is 2.14. The molecule has 2 aromatic carbocycles. The van der Waals surface area contributed by atoms with Gasteiger partial charge in [-0.2, -0.15) is 0 Å². The summed E-state index contributed by atoms with van der Waals surface area (Å²) in [6, 6.07) is 13.5. The van der Waals surface area contributed by atoms with Crippen LogP contribution in [-0.4, -0.2) is 24.6 Å². The Hall–Kier alpha value is -3.08. The van der Waals surface area contributed by atoms with Gasteiger partial charge in [-0.05, 0) is 49.1 Å². The van der Waals surface area contributed by atoms with Crippen LogP contribution in [0.5, 0.6) is 11.5 Å². The maximum absolute atomic E-state index is 12.6. The highest BCUT2D eigenvalue weighted by molar-refractivity contribution is 5.94. The molecule has 0 aliphatic heterocycles. The molecule has 0 atom stereocenters. The molecule has 0 saturated carbocycles. The molecular formula is C23H26N2O3. The fraction of sp³-hybridized carbons (Fsp3) is 0.304. The number of aryl methyl sites for hydroxylation is 2. The molecule has 0 bridgehead atoms. The number of carbonyl (C=O) groups excluding carboxylic acids is 1. The van der Waals surface area contributed by atoms with E-state index < -0.39 is 0 Å². The molecule has 3 aromatic rings. The number of aromatic nitrogens is 1. The number of fused-ring (bicyclic) bond motifs is 1. The minimum atomic E-state index is -0.193. The van der Waals surface area contributed by atoms with Crippen LogP contribution in [0.3, 0.4) is 0 Å². The average molecular weight is 378 g/mol. The van der Waals surface area contributed by atoms with Crippen LogP contribution in [0.25, 0.3) is 10.9 Å². The quantitative estimate of drug-likeness (QED) is 0.656. The van der Waals surface area contributed by atoms with E-state index in [9.17, 15) is 4.79 Å². The lowest BCUT2D eigenvalue weighted by Gasteiger charge is -2.17. The maximum atomic E-state index is 12.6. The van der Waals surface area contributed by atoms with Gasteiger partial charge in [-0.15, -0.1) is 0 Å². The Kier molecular flexibility index (Phi) is 5.83. The normalized spacial score (nSPS) is 10.9. The van der Waals surface area contributed by atoms with Gasteiger partial charge in [-0.1, -0.05) is 32.0 Å². The summed E-state index contributed by atoms with van der Waals surface area (Å²) >= 11 is 0. The van der Waals surface area contributed by atoms with Crippen LogP contribution in [0.2, 0.25) is 0 Å². The number of hydrogen-bond donors (Lipinski definition) is 1. The van der Waals surface area contributed by atoms with E-state index >= 15 is 0 Å². The van der Waals surface area contributed by atoms with Crippen LogP contribution in [0.4, 0.5) is 5.69 Å². The highest BCUT2D eigenvalue weighted by Crippen LogP contribution is 2.30. The molecule has 0 spiro atoms. The van der Waals surface area contributed by atoms with Crippen molar-refractivity contribution < 1.29 is 14.3 Å². The molecule has 1 amide bonds. The van der Waals surface area contributed by atoms with Gasteiger partial charge in [0.1, 0.15) is 11.5 Å². The van der Waals surface area contributed by atoms with E-state index in [2.05, 4.69) is 24.1 Å². The molecule has 146 valence electrons.